The minimum absolute atomic E-state index is 0.422. The van der Waals surface area contributed by atoms with E-state index in [0.29, 0.717) is 22.0 Å². The van der Waals surface area contributed by atoms with Crippen molar-refractivity contribution in [2.75, 3.05) is 11.5 Å². The van der Waals surface area contributed by atoms with E-state index in [4.69, 9.17) is 11.5 Å². The molecule has 1 heterocycles. The summed E-state index contributed by atoms with van der Waals surface area (Å²) in [6.07, 6.45) is 0. The van der Waals surface area contributed by atoms with E-state index in [1.54, 1.807) is 17.8 Å². The summed E-state index contributed by atoms with van der Waals surface area (Å²) in [7, 11) is 0. The molecule has 0 aromatic carbocycles. The number of thioether (sulfide) groups is 1. The van der Waals surface area contributed by atoms with Gasteiger partial charge in [0.15, 0.2) is 5.16 Å². The Balaban J connectivity index is 2.85. The van der Waals surface area contributed by atoms with Crippen molar-refractivity contribution in [1.82, 2.24) is 9.97 Å². The third-order valence-electron chi connectivity index (χ3n) is 1.09. The van der Waals surface area contributed by atoms with Crippen LogP contribution in [0.3, 0.4) is 0 Å². The lowest BCUT2D eigenvalue weighted by molar-refractivity contribution is 0.969. The number of hydrogen-bond acceptors (Lipinski definition) is 5. The third kappa shape index (κ3) is 2.58. The van der Waals surface area contributed by atoms with Crippen molar-refractivity contribution in [1.29, 1.82) is 0 Å². The van der Waals surface area contributed by atoms with E-state index in [9.17, 15) is 0 Å². The zero-order chi connectivity index (χ0) is 9.14. The van der Waals surface area contributed by atoms with Crippen LogP contribution in [-0.4, -0.2) is 15.2 Å². The summed E-state index contributed by atoms with van der Waals surface area (Å²) in [4.78, 5) is 8.05. The maximum absolute atomic E-state index is 5.49. The Labute approximate surface area is 75.8 Å². The van der Waals surface area contributed by atoms with Crippen LogP contribution in [0.4, 0.5) is 11.6 Å². The summed E-state index contributed by atoms with van der Waals surface area (Å²) in [5.41, 5.74) is 11.0. The first kappa shape index (κ1) is 9.12. The molecule has 0 unspecified atom stereocenters. The van der Waals surface area contributed by atoms with Gasteiger partial charge in [-0.25, -0.2) is 9.97 Å². The molecule has 4 nitrogen and oxygen atoms in total. The van der Waals surface area contributed by atoms with Crippen LogP contribution in [0.5, 0.6) is 0 Å². The van der Waals surface area contributed by atoms with Gasteiger partial charge in [0.25, 0.3) is 0 Å². The van der Waals surface area contributed by atoms with Gasteiger partial charge in [-0.15, -0.1) is 0 Å². The summed E-state index contributed by atoms with van der Waals surface area (Å²) < 4.78 is 0. The maximum atomic E-state index is 5.49. The van der Waals surface area contributed by atoms with Crippen LogP contribution in [0.15, 0.2) is 11.2 Å². The molecular formula is C7H12N4S. The van der Waals surface area contributed by atoms with Gasteiger partial charge in [0.05, 0.1) is 0 Å². The second kappa shape index (κ2) is 3.62. The highest BCUT2D eigenvalue weighted by Gasteiger charge is 2.03. The van der Waals surface area contributed by atoms with Gasteiger partial charge in [-0.3, -0.25) is 0 Å². The second-order valence-electron chi connectivity index (χ2n) is 2.67. The number of nitrogen functional groups attached to an aromatic ring is 2. The summed E-state index contributed by atoms with van der Waals surface area (Å²) in [6, 6.07) is 1.55. The van der Waals surface area contributed by atoms with Crippen LogP contribution in [0, 0.1) is 0 Å². The third-order valence-corrected chi connectivity index (χ3v) is 1.95. The summed E-state index contributed by atoms with van der Waals surface area (Å²) in [5, 5.41) is 1.08. The molecule has 1 aromatic heterocycles. The van der Waals surface area contributed by atoms with Gasteiger partial charge < -0.3 is 11.5 Å². The SMILES string of the molecule is CC(C)Sc1nc(N)cc(N)n1. The number of nitrogens with two attached hydrogens (primary N) is 2. The molecule has 0 fully saturated rings. The molecule has 12 heavy (non-hydrogen) atoms. The van der Waals surface area contributed by atoms with Gasteiger partial charge in [0, 0.05) is 11.3 Å². The molecule has 66 valence electrons. The van der Waals surface area contributed by atoms with Crippen molar-refractivity contribution in [3.05, 3.63) is 6.07 Å². The second-order valence-corrected chi connectivity index (χ2v) is 4.21. The van der Waals surface area contributed by atoms with E-state index in [1.165, 1.54) is 0 Å². The number of rotatable bonds is 2. The first-order chi connectivity index (χ1) is 5.58. The molecule has 0 aliphatic carbocycles. The van der Waals surface area contributed by atoms with Crippen molar-refractivity contribution < 1.29 is 0 Å². The first-order valence-corrected chi connectivity index (χ1v) is 4.52. The van der Waals surface area contributed by atoms with Crippen molar-refractivity contribution in [2.45, 2.75) is 24.3 Å². The molecule has 0 saturated heterocycles. The van der Waals surface area contributed by atoms with Gasteiger partial charge in [-0.2, -0.15) is 0 Å². The number of nitrogens with zero attached hydrogens (tertiary/aromatic N) is 2. The maximum Gasteiger partial charge on any atom is 0.191 e. The molecule has 0 bridgehead atoms. The molecule has 0 atom stereocenters. The summed E-state index contributed by atoms with van der Waals surface area (Å²) >= 11 is 1.54. The van der Waals surface area contributed by atoms with Crippen molar-refractivity contribution in [2.24, 2.45) is 0 Å². The highest BCUT2D eigenvalue weighted by Crippen LogP contribution is 2.20. The van der Waals surface area contributed by atoms with E-state index in [2.05, 4.69) is 23.8 Å². The Morgan fingerprint density at radius 2 is 1.75 bits per heavy atom. The van der Waals surface area contributed by atoms with Gasteiger partial charge in [0.1, 0.15) is 11.6 Å². The van der Waals surface area contributed by atoms with Gasteiger partial charge in [-0.1, -0.05) is 25.6 Å². The predicted molar refractivity (Wildman–Crippen MR) is 51.8 cm³/mol. The number of anilines is 2. The van der Waals surface area contributed by atoms with Gasteiger partial charge in [0.2, 0.25) is 0 Å². The highest BCUT2D eigenvalue weighted by atomic mass is 32.2. The van der Waals surface area contributed by atoms with E-state index in [-0.39, 0.29) is 0 Å². The molecule has 4 N–H and O–H groups in total. The fourth-order valence-electron chi connectivity index (χ4n) is 0.725. The summed E-state index contributed by atoms with van der Waals surface area (Å²) in [5.74, 6) is 0.844. The van der Waals surface area contributed by atoms with Crippen LogP contribution in [-0.2, 0) is 0 Å². The molecular weight excluding hydrogens is 172 g/mol. The highest BCUT2D eigenvalue weighted by molar-refractivity contribution is 7.99. The van der Waals surface area contributed by atoms with Crippen LogP contribution >= 0.6 is 11.8 Å². The molecule has 1 rings (SSSR count). The lowest BCUT2D eigenvalue weighted by atomic mass is 10.5. The predicted octanol–water partition coefficient (Wildman–Crippen LogP) is 1.14. The normalized spacial score (nSPS) is 10.6. The lowest BCUT2D eigenvalue weighted by Gasteiger charge is -2.03. The van der Waals surface area contributed by atoms with E-state index in [0.717, 1.165) is 0 Å². The van der Waals surface area contributed by atoms with Crippen molar-refractivity contribution >= 4 is 23.4 Å². The molecule has 0 spiro atoms. The van der Waals surface area contributed by atoms with Gasteiger partial charge >= 0.3 is 0 Å². The smallest absolute Gasteiger partial charge is 0.191 e. The van der Waals surface area contributed by atoms with Crippen molar-refractivity contribution in [3.63, 3.8) is 0 Å². The molecule has 0 aliphatic rings. The average molecular weight is 184 g/mol. The van der Waals surface area contributed by atoms with Crippen LogP contribution < -0.4 is 11.5 Å². The zero-order valence-corrected chi connectivity index (χ0v) is 7.93. The lowest BCUT2D eigenvalue weighted by Crippen LogP contribution is -2.00. The molecule has 0 aliphatic heterocycles. The zero-order valence-electron chi connectivity index (χ0n) is 7.11. The number of aromatic nitrogens is 2. The van der Waals surface area contributed by atoms with Crippen molar-refractivity contribution in [3.8, 4) is 0 Å². The fourth-order valence-corrected chi connectivity index (χ4v) is 1.46. The van der Waals surface area contributed by atoms with Crippen LogP contribution in [0.25, 0.3) is 0 Å². The largest absolute Gasteiger partial charge is 0.383 e. The average Bonchev–Trinajstić information content (AvgIpc) is 1.81. The topological polar surface area (TPSA) is 77.8 Å². The molecule has 1 aromatic rings. The monoisotopic (exact) mass is 184 g/mol. The molecule has 0 amide bonds. The molecule has 0 saturated carbocycles. The Bertz CT molecular complexity index is 254. The van der Waals surface area contributed by atoms with Crippen LogP contribution in [0.2, 0.25) is 0 Å². The van der Waals surface area contributed by atoms with Crippen LogP contribution in [0.1, 0.15) is 13.8 Å². The Hall–Kier alpha value is -0.970. The minimum Gasteiger partial charge on any atom is -0.383 e. The van der Waals surface area contributed by atoms with E-state index < -0.39 is 0 Å². The van der Waals surface area contributed by atoms with Gasteiger partial charge in [-0.05, 0) is 0 Å². The quantitative estimate of drug-likeness (QED) is 0.532. The summed E-state index contributed by atoms with van der Waals surface area (Å²) in [6.45, 7) is 4.13. The minimum atomic E-state index is 0.422. The molecule has 0 radical (unpaired) electrons. The Morgan fingerprint density at radius 3 is 2.17 bits per heavy atom. The van der Waals surface area contributed by atoms with E-state index in [1.807, 2.05) is 0 Å². The Kier molecular flexibility index (Phi) is 2.75. The van der Waals surface area contributed by atoms with E-state index >= 15 is 0 Å². The number of hydrogen-bond donors (Lipinski definition) is 2. The Morgan fingerprint density at radius 1 is 1.25 bits per heavy atom. The first-order valence-electron chi connectivity index (χ1n) is 3.64. The molecule has 5 heteroatoms. The standard InChI is InChI=1S/C7H12N4S/c1-4(2)12-7-10-5(8)3-6(9)11-7/h3-4H,1-2H3,(H4,8,9,10,11). The fraction of sp³-hybridized carbons (Fsp3) is 0.429.